The Kier molecular flexibility index (Phi) is 3.39. The molecule has 2 aliphatic carbocycles. The van der Waals surface area contributed by atoms with Crippen molar-refractivity contribution >= 4 is 23.5 Å². The van der Waals surface area contributed by atoms with Gasteiger partial charge >= 0.3 is 5.97 Å². The lowest BCUT2D eigenvalue weighted by atomic mass is 10.1. The number of rotatable bonds is 5. The van der Waals surface area contributed by atoms with E-state index in [4.69, 9.17) is 9.15 Å². The van der Waals surface area contributed by atoms with Gasteiger partial charge < -0.3 is 9.15 Å². The molecular formula is C14H16O4S. The molecule has 2 fully saturated rings. The maximum atomic E-state index is 11.9. The van der Waals surface area contributed by atoms with E-state index in [1.165, 1.54) is 0 Å². The highest BCUT2D eigenvalue weighted by molar-refractivity contribution is 7.99. The second-order valence-corrected chi connectivity index (χ2v) is 6.21. The van der Waals surface area contributed by atoms with Crippen LogP contribution in [0.2, 0.25) is 0 Å². The number of carbonyl (C=O) groups is 2. The van der Waals surface area contributed by atoms with Crippen molar-refractivity contribution in [3.63, 3.8) is 0 Å². The van der Waals surface area contributed by atoms with Crippen LogP contribution in [0.3, 0.4) is 0 Å². The minimum Gasteiger partial charge on any atom is -0.468 e. The van der Waals surface area contributed by atoms with E-state index in [0.29, 0.717) is 13.0 Å². The van der Waals surface area contributed by atoms with Gasteiger partial charge in [0.15, 0.2) is 0 Å². The van der Waals surface area contributed by atoms with Crippen molar-refractivity contribution in [2.75, 3.05) is 6.61 Å². The van der Waals surface area contributed by atoms with Gasteiger partial charge in [-0.15, -0.1) is 11.8 Å². The van der Waals surface area contributed by atoms with Crippen molar-refractivity contribution < 1.29 is 18.7 Å². The van der Waals surface area contributed by atoms with Crippen LogP contribution < -0.4 is 0 Å². The van der Waals surface area contributed by atoms with Gasteiger partial charge in [0.1, 0.15) is 11.5 Å². The molecule has 0 aliphatic heterocycles. The SMILES string of the molecule is CCOC(=O)C1C2C(=O)CC(SCc3ccco3)C21. The molecule has 1 aromatic rings. The Morgan fingerprint density at radius 3 is 3.11 bits per heavy atom. The summed E-state index contributed by atoms with van der Waals surface area (Å²) in [6.45, 7) is 2.17. The van der Waals surface area contributed by atoms with Crippen LogP contribution in [-0.2, 0) is 20.1 Å². The summed E-state index contributed by atoms with van der Waals surface area (Å²) < 4.78 is 10.3. The summed E-state index contributed by atoms with van der Waals surface area (Å²) in [4.78, 5) is 23.6. The molecule has 5 heteroatoms. The van der Waals surface area contributed by atoms with E-state index >= 15 is 0 Å². The summed E-state index contributed by atoms with van der Waals surface area (Å²) in [6.07, 6.45) is 2.23. The molecule has 2 aliphatic rings. The zero-order valence-electron chi connectivity index (χ0n) is 10.7. The molecule has 4 nitrogen and oxygen atoms in total. The van der Waals surface area contributed by atoms with Crippen molar-refractivity contribution in [2.45, 2.75) is 24.3 Å². The van der Waals surface area contributed by atoms with Gasteiger partial charge in [-0.3, -0.25) is 9.59 Å². The molecule has 3 rings (SSSR count). The van der Waals surface area contributed by atoms with Crippen LogP contribution in [0.1, 0.15) is 19.1 Å². The van der Waals surface area contributed by atoms with Gasteiger partial charge in [-0.1, -0.05) is 0 Å². The van der Waals surface area contributed by atoms with E-state index < -0.39 is 0 Å². The van der Waals surface area contributed by atoms with Crippen LogP contribution in [0.15, 0.2) is 22.8 Å². The predicted molar refractivity (Wildman–Crippen MR) is 70.5 cm³/mol. The van der Waals surface area contributed by atoms with E-state index in [9.17, 15) is 9.59 Å². The lowest BCUT2D eigenvalue weighted by molar-refractivity contribution is -0.146. The fourth-order valence-corrected chi connectivity index (χ4v) is 4.36. The number of fused-ring (bicyclic) bond motifs is 1. The maximum absolute atomic E-state index is 11.9. The van der Waals surface area contributed by atoms with Gasteiger partial charge in [-0.05, 0) is 25.0 Å². The first kappa shape index (κ1) is 12.8. The molecule has 4 unspecified atom stereocenters. The number of thioether (sulfide) groups is 1. The van der Waals surface area contributed by atoms with Crippen molar-refractivity contribution in [1.82, 2.24) is 0 Å². The summed E-state index contributed by atoms with van der Waals surface area (Å²) in [7, 11) is 0. The van der Waals surface area contributed by atoms with E-state index in [2.05, 4.69) is 0 Å². The summed E-state index contributed by atoms with van der Waals surface area (Å²) in [6, 6.07) is 3.79. The van der Waals surface area contributed by atoms with Gasteiger partial charge in [-0.25, -0.2) is 0 Å². The number of hydrogen-bond donors (Lipinski definition) is 0. The molecular weight excluding hydrogens is 264 g/mol. The molecule has 102 valence electrons. The molecule has 2 saturated carbocycles. The third kappa shape index (κ3) is 2.31. The summed E-state index contributed by atoms with van der Waals surface area (Å²) in [5.41, 5.74) is 0. The Labute approximate surface area is 115 Å². The fourth-order valence-electron chi connectivity index (χ4n) is 2.98. The molecule has 4 atom stereocenters. The van der Waals surface area contributed by atoms with Gasteiger partial charge in [-0.2, -0.15) is 0 Å². The number of hydrogen-bond acceptors (Lipinski definition) is 5. The van der Waals surface area contributed by atoms with E-state index in [-0.39, 0.29) is 34.8 Å². The van der Waals surface area contributed by atoms with Gasteiger partial charge in [0.2, 0.25) is 0 Å². The second-order valence-electron chi connectivity index (χ2n) is 4.98. The van der Waals surface area contributed by atoms with Crippen LogP contribution in [0.4, 0.5) is 0 Å². The van der Waals surface area contributed by atoms with E-state index in [0.717, 1.165) is 11.5 Å². The highest BCUT2D eigenvalue weighted by atomic mass is 32.2. The first-order chi connectivity index (χ1) is 9.22. The van der Waals surface area contributed by atoms with Gasteiger partial charge in [0.25, 0.3) is 0 Å². The van der Waals surface area contributed by atoms with Crippen LogP contribution >= 0.6 is 11.8 Å². The van der Waals surface area contributed by atoms with Crippen LogP contribution in [-0.4, -0.2) is 23.6 Å². The number of carbonyl (C=O) groups excluding carboxylic acids is 2. The lowest BCUT2D eigenvalue weighted by Gasteiger charge is -2.12. The molecule has 0 spiro atoms. The summed E-state index contributed by atoms with van der Waals surface area (Å²) in [5.74, 6) is 1.61. The van der Waals surface area contributed by atoms with Crippen molar-refractivity contribution in [3.05, 3.63) is 24.2 Å². The van der Waals surface area contributed by atoms with Crippen LogP contribution in [0.5, 0.6) is 0 Å². The average Bonchev–Trinajstić information content (AvgIpc) is 2.74. The average molecular weight is 280 g/mol. The Bertz CT molecular complexity index is 482. The normalized spacial score (nSPS) is 32.2. The Morgan fingerprint density at radius 1 is 1.58 bits per heavy atom. The quantitative estimate of drug-likeness (QED) is 0.774. The van der Waals surface area contributed by atoms with Gasteiger partial charge in [0, 0.05) is 17.6 Å². The Morgan fingerprint density at radius 2 is 2.42 bits per heavy atom. The number of ether oxygens (including phenoxy) is 1. The first-order valence-corrected chi connectivity index (χ1v) is 7.60. The van der Waals surface area contributed by atoms with Crippen molar-refractivity contribution in [1.29, 1.82) is 0 Å². The Hall–Kier alpha value is -1.23. The molecule has 0 bridgehead atoms. The minimum atomic E-state index is -0.200. The van der Waals surface area contributed by atoms with E-state index in [1.807, 2.05) is 12.1 Å². The van der Waals surface area contributed by atoms with Gasteiger partial charge in [0.05, 0.1) is 24.5 Å². The molecule has 0 aromatic carbocycles. The third-order valence-corrected chi connectivity index (χ3v) is 5.22. The number of furan rings is 1. The highest BCUT2D eigenvalue weighted by Crippen LogP contribution is 2.59. The molecule has 0 amide bonds. The predicted octanol–water partition coefficient (Wildman–Crippen LogP) is 2.28. The zero-order valence-corrected chi connectivity index (χ0v) is 11.5. The van der Waals surface area contributed by atoms with E-state index in [1.54, 1.807) is 24.9 Å². The first-order valence-electron chi connectivity index (χ1n) is 6.55. The largest absolute Gasteiger partial charge is 0.468 e. The molecule has 1 heterocycles. The monoisotopic (exact) mass is 280 g/mol. The summed E-state index contributed by atoms with van der Waals surface area (Å²) >= 11 is 1.71. The Balaban J connectivity index is 1.59. The third-order valence-electron chi connectivity index (χ3n) is 3.86. The van der Waals surface area contributed by atoms with Crippen LogP contribution in [0.25, 0.3) is 0 Å². The maximum Gasteiger partial charge on any atom is 0.310 e. The molecule has 0 N–H and O–H groups in total. The molecule has 1 aromatic heterocycles. The summed E-state index contributed by atoms with van der Waals surface area (Å²) in [5, 5.41) is 0.233. The smallest absolute Gasteiger partial charge is 0.310 e. The second kappa shape index (κ2) is 5.04. The van der Waals surface area contributed by atoms with Crippen molar-refractivity contribution in [3.8, 4) is 0 Å². The topological polar surface area (TPSA) is 56.5 Å². The van der Waals surface area contributed by atoms with Crippen molar-refractivity contribution in [2.24, 2.45) is 17.8 Å². The zero-order chi connectivity index (χ0) is 13.4. The molecule has 0 saturated heterocycles. The number of esters is 1. The number of ketones is 1. The lowest BCUT2D eigenvalue weighted by Crippen LogP contribution is -2.17. The molecule has 19 heavy (non-hydrogen) atoms. The molecule has 0 radical (unpaired) electrons. The highest BCUT2D eigenvalue weighted by Gasteiger charge is 2.66. The number of Topliss-reactive ketones (excluding diaryl/α,β-unsaturated/α-hetero) is 1. The minimum absolute atomic E-state index is 0.0758. The van der Waals surface area contributed by atoms with Crippen LogP contribution in [0, 0.1) is 17.8 Å². The standard InChI is InChI=1S/C14H16O4S/c1-2-17-14(16)13-11-9(15)6-10(12(11)13)19-7-8-4-3-5-18-8/h3-5,10-13H,2,6-7H2,1H3. The fraction of sp³-hybridized carbons (Fsp3) is 0.571.